The van der Waals surface area contributed by atoms with Crippen molar-refractivity contribution in [2.24, 2.45) is 0 Å². The van der Waals surface area contributed by atoms with Crippen LogP contribution in [0.5, 0.6) is 0 Å². The van der Waals surface area contributed by atoms with Gasteiger partial charge in [-0.1, -0.05) is 25.0 Å². The lowest BCUT2D eigenvalue weighted by atomic mass is 10.0. The first-order valence-electron chi connectivity index (χ1n) is 7.61. The highest BCUT2D eigenvalue weighted by Crippen LogP contribution is 2.33. The summed E-state index contributed by atoms with van der Waals surface area (Å²) in [5, 5.41) is 10.3. The molecule has 1 aliphatic carbocycles. The molecule has 1 fully saturated rings. The molecule has 22 heavy (non-hydrogen) atoms. The number of fused-ring (bicyclic) bond motifs is 1. The third-order valence-corrected chi connectivity index (χ3v) is 4.24. The van der Waals surface area contributed by atoms with Gasteiger partial charge in [-0.15, -0.1) is 0 Å². The number of rotatable bonds is 3. The van der Waals surface area contributed by atoms with Gasteiger partial charge >= 0.3 is 0 Å². The fourth-order valence-corrected chi connectivity index (χ4v) is 3.08. The van der Waals surface area contributed by atoms with Crippen molar-refractivity contribution in [2.45, 2.75) is 31.6 Å². The van der Waals surface area contributed by atoms with Crippen LogP contribution in [0.2, 0.25) is 0 Å². The van der Waals surface area contributed by atoms with Crippen LogP contribution in [-0.2, 0) is 0 Å². The van der Waals surface area contributed by atoms with Crippen LogP contribution in [0.15, 0.2) is 35.1 Å². The minimum absolute atomic E-state index is 0.246. The first kappa shape index (κ1) is 13.1. The molecule has 2 aromatic heterocycles. The number of anilines is 2. The minimum atomic E-state index is -0.246. The molecule has 1 saturated carbocycles. The lowest BCUT2D eigenvalue weighted by molar-refractivity contribution is 0.693. The van der Waals surface area contributed by atoms with E-state index >= 15 is 0 Å². The van der Waals surface area contributed by atoms with E-state index in [4.69, 9.17) is 0 Å². The molecule has 0 aliphatic heterocycles. The van der Waals surface area contributed by atoms with Crippen LogP contribution in [0.4, 0.5) is 11.6 Å². The number of H-pyrrole nitrogens is 2. The molecule has 0 radical (unpaired) electrons. The molecule has 0 saturated heterocycles. The molecule has 6 nitrogen and oxygen atoms in total. The molecule has 6 heteroatoms. The van der Waals surface area contributed by atoms with Gasteiger partial charge in [0.2, 0.25) is 0 Å². The first-order valence-corrected chi connectivity index (χ1v) is 7.61. The van der Waals surface area contributed by atoms with Crippen molar-refractivity contribution in [3.05, 3.63) is 46.4 Å². The summed E-state index contributed by atoms with van der Waals surface area (Å²) in [5.74, 6) is 1.46. The summed E-state index contributed by atoms with van der Waals surface area (Å²) in [6.07, 6.45) is 4.96. The molecule has 0 spiro atoms. The van der Waals surface area contributed by atoms with E-state index in [1.807, 2.05) is 30.3 Å². The van der Waals surface area contributed by atoms with E-state index in [1.165, 1.54) is 25.7 Å². The highest BCUT2D eigenvalue weighted by atomic mass is 16.1. The highest BCUT2D eigenvalue weighted by molar-refractivity contribution is 5.75. The van der Waals surface area contributed by atoms with Gasteiger partial charge in [0.15, 0.2) is 11.6 Å². The van der Waals surface area contributed by atoms with Gasteiger partial charge in [-0.05, 0) is 25.0 Å². The van der Waals surface area contributed by atoms with E-state index in [-0.39, 0.29) is 11.4 Å². The van der Waals surface area contributed by atoms with Crippen LogP contribution in [-0.4, -0.2) is 20.2 Å². The Bertz CT molecular complexity index is 860. The number of benzene rings is 1. The summed E-state index contributed by atoms with van der Waals surface area (Å²) in [6, 6.07) is 9.44. The quantitative estimate of drug-likeness (QED) is 0.693. The minimum Gasteiger partial charge on any atom is -0.319 e. The third kappa shape index (κ3) is 2.36. The number of aromatic nitrogens is 4. The highest BCUT2D eigenvalue weighted by Gasteiger charge is 2.19. The van der Waals surface area contributed by atoms with E-state index in [2.05, 4.69) is 25.5 Å². The van der Waals surface area contributed by atoms with Crippen LogP contribution in [0, 0.1) is 0 Å². The molecule has 3 aromatic rings. The normalized spacial score (nSPS) is 15.5. The Morgan fingerprint density at radius 2 is 2.00 bits per heavy atom. The fraction of sp³-hybridized carbons (Fsp3) is 0.312. The Hall–Kier alpha value is -2.63. The summed E-state index contributed by atoms with van der Waals surface area (Å²) < 4.78 is 0. The van der Waals surface area contributed by atoms with Crippen LogP contribution in [0.1, 0.15) is 37.3 Å². The van der Waals surface area contributed by atoms with Crippen molar-refractivity contribution in [3.8, 4) is 0 Å². The SMILES string of the molecule is O=c1[nH]c2ccccc2nc1Nc1cc(C2CCCC2)[nH]n1. The van der Waals surface area contributed by atoms with Gasteiger partial charge in [0, 0.05) is 17.7 Å². The standard InChI is InChI=1S/C16H17N5O/c22-16-15(17-11-7-3-4-8-12(11)18-16)19-14-9-13(20-21-14)10-5-1-2-6-10/h3-4,7-10H,1-2,5-6H2,(H,18,22)(H2,17,19,20,21). The van der Waals surface area contributed by atoms with Crippen LogP contribution < -0.4 is 10.9 Å². The molecular formula is C16H17N5O. The Labute approximate surface area is 127 Å². The molecule has 2 heterocycles. The summed E-state index contributed by atoms with van der Waals surface area (Å²) in [5.41, 5.74) is 2.37. The smallest absolute Gasteiger partial charge is 0.291 e. The maximum atomic E-state index is 12.1. The van der Waals surface area contributed by atoms with E-state index in [9.17, 15) is 4.79 Å². The molecule has 0 unspecified atom stereocenters. The lowest BCUT2D eigenvalue weighted by Crippen LogP contribution is -2.13. The molecular weight excluding hydrogens is 278 g/mol. The second-order valence-electron chi connectivity index (χ2n) is 5.75. The molecule has 0 atom stereocenters. The fourth-order valence-electron chi connectivity index (χ4n) is 3.08. The Balaban J connectivity index is 1.63. The molecule has 4 rings (SSSR count). The Kier molecular flexibility index (Phi) is 3.14. The molecule has 0 bridgehead atoms. The number of aromatic amines is 2. The monoisotopic (exact) mass is 295 g/mol. The van der Waals surface area contributed by atoms with Crippen molar-refractivity contribution < 1.29 is 0 Å². The number of hydrogen-bond acceptors (Lipinski definition) is 4. The zero-order chi connectivity index (χ0) is 14.9. The average Bonchev–Trinajstić information content (AvgIpc) is 3.18. The van der Waals surface area contributed by atoms with E-state index in [0.717, 1.165) is 16.7 Å². The zero-order valence-electron chi connectivity index (χ0n) is 12.1. The number of nitrogens with one attached hydrogen (secondary N) is 3. The largest absolute Gasteiger partial charge is 0.319 e. The third-order valence-electron chi connectivity index (χ3n) is 4.24. The van der Waals surface area contributed by atoms with Crippen LogP contribution >= 0.6 is 0 Å². The number of nitrogens with zero attached hydrogens (tertiary/aromatic N) is 2. The molecule has 0 amide bonds. The van der Waals surface area contributed by atoms with E-state index < -0.39 is 0 Å². The summed E-state index contributed by atoms with van der Waals surface area (Å²) in [4.78, 5) is 19.3. The van der Waals surface area contributed by atoms with Gasteiger partial charge in [0.05, 0.1) is 11.0 Å². The maximum Gasteiger partial charge on any atom is 0.291 e. The topological polar surface area (TPSA) is 86.5 Å². The Morgan fingerprint density at radius 3 is 2.86 bits per heavy atom. The molecule has 1 aliphatic rings. The van der Waals surface area contributed by atoms with Crippen LogP contribution in [0.25, 0.3) is 11.0 Å². The van der Waals surface area contributed by atoms with Gasteiger partial charge in [0.25, 0.3) is 5.56 Å². The Morgan fingerprint density at radius 1 is 1.18 bits per heavy atom. The number of hydrogen-bond donors (Lipinski definition) is 3. The average molecular weight is 295 g/mol. The van der Waals surface area contributed by atoms with E-state index in [1.54, 1.807) is 0 Å². The molecule has 112 valence electrons. The van der Waals surface area contributed by atoms with Gasteiger partial charge in [-0.2, -0.15) is 5.10 Å². The number of para-hydroxylation sites is 2. The second-order valence-corrected chi connectivity index (χ2v) is 5.75. The van der Waals surface area contributed by atoms with Gasteiger partial charge < -0.3 is 10.3 Å². The van der Waals surface area contributed by atoms with Crippen molar-refractivity contribution >= 4 is 22.7 Å². The van der Waals surface area contributed by atoms with Gasteiger partial charge in [0.1, 0.15) is 0 Å². The summed E-state index contributed by atoms with van der Waals surface area (Å²) >= 11 is 0. The van der Waals surface area contributed by atoms with Crippen molar-refractivity contribution in [2.75, 3.05) is 5.32 Å². The van der Waals surface area contributed by atoms with Gasteiger partial charge in [-0.25, -0.2) is 4.98 Å². The molecule has 3 N–H and O–H groups in total. The van der Waals surface area contributed by atoms with E-state index in [0.29, 0.717) is 11.7 Å². The van der Waals surface area contributed by atoms with Crippen molar-refractivity contribution in [1.82, 2.24) is 20.2 Å². The van der Waals surface area contributed by atoms with Crippen LogP contribution in [0.3, 0.4) is 0 Å². The predicted molar refractivity (Wildman–Crippen MR) is 85.4 cm³/mol. The van der Waals surface area contributed by atoms with Gasteiger partial charge in [-0.3, -0.25) is 9.89 Å². The summed E-state index contributed by atoms with van der Waals surface area (Å²) in [7, 11) is 0. The summed E-state index contributed by atoms with van der Waals surface area (Å²) in [6.45, 7) is 0. The maximum absolute atomic E-state index is 12.1. The van der Waals surface area contributed by atoms with Crippen molar-refractivity contribution in [1.29, 1.82) is 0 Å². The molecule has 1 aromatic carbocycles. The zero-order valence-corrected chi connectivity index (χ0v) is 12.1. The lowest BCUT2D eigenvalue weighted by Gasteiger charge is -2.04. The predicted octanol–water partition coefficient (Wildman–Crippen LogP) is 3.05. The first-order chi connectivity index (χ1) is 10.8. The van der Waals surface area contributed by atoms with Crippen molar-refractivity contribution in [3.63, 3.8) is 0 Å². The second kappa shape index (κ2) is 5.29.